The molecule has 1 saturated heterocycles. The van der Waals surface area contributed by atoms with Crippen molar-refractivity contribution in [1.29, 1.82) is 0 Å². The highest BCUT2D eigenvalue weighted by molar-refractivity contribution is 8.14. The van der Waals surface area contributed by atoms with Crippen molar-refractivity contribution in [3.8, 4) is 0 Å². The third kappa shape index (κ3) is 4.80. The average Bonchev–Trinajstić information content (AvgIpc) is 3.42. The number of piperazine rings is 1. The van der Waals surface area contributed by atoms with Gasteiger partial charge in [-0.2, -0.15) is 5.10 Å². The number of hydrazone groups is 1. The summed E-state index contributed by atoms with van der Waals surface area (Å²) in [7, 11) is 0. The molecule has 29 heavy (non-hydrogen) atoms. The van der Waals surface area contributed by atoms with Crippen LogP contribution in [0.25, 0.3) is 0 Å². The summed E-state index contributed by atoms with van der Waals surface area (Å²) in [5.41, 5.74) is 1.99. The van der Waals surface area contributed by atoms with Gasteiger partial charge in [0.15, 0.2) is 5.17 Å². The van der Waals surface area contributed by atoms with Crippen LogP contribution < -0.4 is 0 Å². The lowest BCUT2D eigenvalue weighted by molar-refractivity contribution is -0.137. The van der Waals surface area contributed by atoms with Crippen LogP contribution >= 0.6 is 11.8 Å². The number of carbonyl (C=O) groups excluding carboxylic acids is 2. The molecule has 7 nitrogen and oxygen atoms in total. The Morgan fingerprint density at radius 3 is 2.45 bits per heavy atom. The third-order valence-corrected chi connectivity index (χ3v) is 6.59. The minimum Gasteiger partial charge on any atom is -0.348 e. The minimum atomic E-state index is -0.0754. The van der Waals surface area contributed by atoms with Gasteiger partial charge in [0, 0.05) is 50.7 Å². The summed E-state index contributed by atoms with van der Waals surface area (Å²) in [5.74, 6) is -0.0209. The normalized spacial score (nSPS) is 22.0. The van der Waals surface area contributed by atoms with Gasteiger partial charge in [-0.15, -0.1) is 0 Å². The summed E-state index contributed by atoms with van der Waals surface area (Å²) in [6.07, 6.45) is 1.22. The zero-order valence-corrected chi connectivity index (χ0v) is 17.6. The summed E-state index contributed by atoms with van der Waals surface area (Å²) in [5, 5.41) is 7.64. The molecule has 0 aliphatic carbocycles. The summed E-state index contributed by atoms with van der Waals surface area (Å²) in [4.78, 5) is 33.8. The topological polar surface area (TPSA) is 68.6 Å². The molecule has 3 aliphatic heterocycles. The fourth-order valence-electron chi connectivity index (χ4n) is 3.75. The van der Waals surface area contributed by atoms with E-state index in [1.54, 1.807) is 0 Å². The maximum atomic E-state index is 12.5. The largest absolute Gasteiger partial charge is 0.348 e. The van der Waals surface area contributed by atoms with E-state index in [2.05, 4.69) is 21.9 Å². The molecule has 0 radical (unpaired) electrons. The molecule has 1 atom stereocenters. The molecule has 0 spiro atoms. The number of aliphatic imine (C=N–C) groups is 1. The van der Waals surface area contributed by atoms with Crippen LogP contribution in [-0.4, -0.2) is 82.0 Å². The molecule has 1 aromatic carbocycles. The number of hydrogen-bond donors (Lipinski definition) is 0. The molecule has 1 aromatic rings. The lowest BCUT2D eigenvalue weighted by Gasteiger charge is -2.35. The molecule has 8 heteroatoms. The van der Waals surface area contributed by atoms with E-state index in [0.717, 1.165) is 42.5 Å². The Balaban J connectivity index is 1.22. The van der Waals surface area contributed by atoms with Crippen molar-refractivity contribution in [2.45, 2.75) is 31.4 Å². The fourth-order valence-corrected chi connectivity index (χ4v) is 4.74. The monoisotopic (exact) mass is 413 g/mol. The summed E-state index contributed by atoms with van der Waals surface area (Å²) >= 11 is 1.82. The van der Waals surface area contributed by atoms with E-state index < -0.39 is 0 Å². The first-order valence-corrected chi connectivity index (χ1v) is 11.2. The Kier molecular flexibility index (Phi) is 6.18. The van der Waals surface area contributed by atoms with Crippen LogP contribution in [0.3, 0.4) is 0 Å². The van der Waals surface area contributed by atoms with E-state index in [9.17, 15) is 9.59 Å². The quantitative estimate of drug-likeness (QED) is 0.758. The molecular weight excluding hydrogens is 386 g/mol. The zero-order valence-electron chi connectivity index (χ0n) is 16.8. The highest BCUT2D eigenvalue weighted by Gasteiger charge is 2.27. The Bertz CT molecular complexity index is 818. The van der Waals surface area contributed by atoms with E-state index in [1.807, 2.05) is 47.0 Å². The van der Waals surface area contributed by atoms with E-state index in [1.165, 1.54) is 5.01 Å². The number of amidine groups is 1. The molecule has 154 valence electrons. The number of rotatable bonds is 4. The molecule has 2 amide bonds. The van der Waals surface area contributed by atoms with Crippen LogP contribution in [0.15, 0.2) is 40.4 Å². The van der Waals surface area contributed by atoms with Crippen molar-refractivity contribution in [3.05, 3.63) is 35.9 Å². The van der Waals surface area contributed by atoms with Crippen LogP contribution in [0.5, 0.6) is 0 Å². The average molecular weight is 414 g/mol. The molecule has 3 aliphatic rings. The van der Waals surface area contributed by atoms with E-state index in [0.29, 0.717) is 24.9 Å². The fraction of sp³-hybridized carbons (Fsp3) is 0.524. The van der Waals surface area contributed by atoms with Crippen molar-refractivity contribution in [3.63, 3.8) is 0 Å². The third-order valence-electron chi connectivity index (χ3n) is 5.44. The number of hydrogen-bond acceptors (Lipinski definition) is 6. The van der Waals surface area contributed by atoms with Gasteiger partial charge in [-0.3, -0.25) is 14.6 Å². The SMILES string of the molecule is CC1CN=C(N2CCN(C(=O)CCC(=O)N3CCC(c4ccccc4)=N3)CC2)S1. The summed E-state index contributed by atoms with van der Waals surface area (Å²) in [6.45, 7) is 6.68. The molecule has 1 unspecified atom stereocenters. The molecule has 4 rings (SSSR count). The first-order valence-electron chi connectivity index (χ1n) is 10.3. The predicted octanol–water partition coefficient (Wildman–Crippen LogP) is 2.04. The lowest BCUT2D eigenvalue weighted by Crippen LogP contribution is -2.50. The van der Waals surface area contributed by atoms with Crippen LogP contribution in [0.1, 0.15) is 31.7 Å². The van der Waals surface area contributed by atoms with Crippen molar-refractivity contribution in [1.82, 2.24) is 14.8 Å². The molecule has 0 N–H and O–H groups in total. The standard InChI is InChI=1S/C21H27N5O2S/c1-16-15-22-21(29-16)25-13-11-24(12-14-25)19(27)7-8-20(28)26-10-9-18(23-26)17-5-3-2-4-6-17/h2-6,16H,7-15H2,1H3. The van der Waals surface area contributed by atoms with Gasteiger partial charge < -0.3 is 9.80 Å². The second kappa shape index (κ2) is 8.98. The van der Waals surface area contributed by atoms with Gasteiger partial charge in [-0.1, -0.05) is 49.0 Å². The van der Waals surface area contributed by atoms with E-state index in [-0.39, 0.29) is 24.7 Å². The first-order chi connectivity index (χ1) is 14.1. The first kappa shape index (κ1) is 19.9. The number of benzene rings is 1. The minimum absolute atomic E-state index is 0.0545. The van der Waals surface area contributed by atoms with Gasteiger partial charge in [-0.05, 0) is 5.56 Å². The van der Waals surface area contributed by atoms with E-state index in [4.69, 9.17) is 0 Å². The van der Waals surface area contributed by atoms with Gasteiger partial charge in [0.05, 0.1) is 18.8 Å². The van der Waals surface area contributed by atoms with Crippen molar-refractivity contribution >= 4 is 34.5 Å². The van der Waals surface area contributed by atoms with Crippen LogP contribution in [-0.2, 0) is 9.59 Å². The number of amides is 2. The number of nitrogens with zero attached hydrogens (tertiary/aromatic N) is 5. The Morgan fingerprint density at radius 1 is 1.03 bits per heavy atom. The lowest BCUT2D eigenvalue weighted by atomic mass is 10.1. The molecule has 0 bridgehead atoms. The van der Waals surface area contributed by atoms with Gasteiger partial charge in [0.1, 0.15) is 0 Å². The number of thioether (sulfide) groups is 1. The molecule has 0 saturated carbocycles. The Morgan fingerprint density at radius 2 is 1.76 bits per heavy atom. The zero-order chi connectivity index (χ0) is 20.2. The van der Waals surface area contributed by atoms with Crippen molar-refractivity contribution in [2.75, 3.05) is 39.3 Å². The smallest absolute Gasteiger partial charge is 0.243 e. The van der Waals surface area contributed by atoms with Crippen LogP contribution in [0.2, 0.25) is 0 Å². The Hall–Kier alpha value is -2.35. The predicted molar refractivity (Wildman–Crippen MR) is 116 cm³/mol. The van der Waals surface area contributed by atoms with Gasteiger partial charge >= 0.3 is 0 Å². The van der Waals surface area contributed by atoms with E-state index >= 15 is 0 Å². The second-order valence-electron chi connectivity index (χ2n) is 7.60. The highest BCUT2D eigenvalue weighted by atomic mass is 32.2. The van der Waals surface area contributed by atoms with Crippen LogP contribution in [0, 0.1) is 0 Å². The van der Waals surface area contributed by atoms with Gasteiger partial charge in [-0.25, -0.2) is 5.01 Å². The molecular formula is C21H27N5O2S. The van der Waals surface area contributed by atoms with Crippen molar-refractivity contribution < 1.29 is 9.59 Å². The van der Waals surface area contributed by atoms with Crippen LogP contribution in [0.4, 0.5) is 0 Å². The maximum Gasteiger partial charge on any atom is 0.243 e. The summed E-state index contributed by atoms with van der Waals surface area (Å²) < 4.78 is 0. The van der Waals surface area contributed by atoms with Crippen molar-refractivity contribution in [2.24, 2.45) is 10.1 Å². The molecule has 1 fully saturated rings. The number of carbonyl (C=O) groups is 2. The maximum absolute atomic E-state index is 12.5. The Labute approximate surface area is 175 Å². The molecule has 3 heterocycles. The van der Waals surface area contributed by atoms with Gasteiger partial charge in [0.25, 0.3) is 0 Å². The second-order valence-corrected chi connectivity index (χ2v) is 9.00. The summed E-state index contributed by atoms with van der Waals surface area (Å²) in [6, 6.07) is 9.92. The van der Waals surface area contributed by atoms with Gasteiger partial charge in [0.2, 0.25) is 11.8 Å². The molecule has 0 aromatic heterocycles. The highest BCUT2D eigenvalue weighted by Crippen LogP contribution is 2.24.